The lowest BCUT2D eigenvalue weighted by Gasteiger charge is -2.02. The summed E-state index contributed by atoms with van der Waals surface area (Å²) in [6.07, 6.45) is 9.36. The van der Waals surface area contributed by atoms with Crippen LogP contribution in [0.5, 0.6) is 0 Å². The highest BCUT2D eigenvalue weighted by molar-refractivity contribution is 6.03. The normalized spacial score (nSPS) is 11.0. The predicted octanol–water partition coefficient (Wildman–Crippen LogP) is 1.35. The second kappa shape index (κ2) is 15.1. The van der Waals surface area contributed by atoms with Crippen LogP contribution in [-0.2, 0) is 16.0 Å². The van der Waals surface area contributed by atoms with Gasteiger partial charge >= 0.3 is 29.8 Å². The van der Waals surface area contributed by atoms with Gasteiger partial charge < -0.3 is 36.3 Å². The first-order chi connectivity index (χ1) is 15.9. The number of rotatable bonds is 8. The molecule has 182 valence electrons. The van der Waals surface area contributed by atoms with Crippen LogP contribution in [0, 0.1) is 0 Å². The Bertz CT molecular complexity index is 1060. The largest absolute Gasteiger partial charge is 0.480 e. The molecule has 0 bridgehead atoms. The first-order valence-electron chi connectivity index (χ1n) is 9.22. The minimum absolute atomic E-state index is 0.263. The fraction of sp³-hybridized carbons (Fsp3) is 0.143. The lowest BCUT2D eigenvalue weighted by Crippen LogP contribution is -2.32. The summed E-state index contributed by atoms with van der Waals surface area (Å²) < 4.78 is 0. The fourth-order valence-corrected chi connectivity index (χ4v) is 2.00. The quantitative estimate of drug-likeness (QED) is 0.210. The summed E-state index contributed by atoms with van der Waals surface area (Å²) in [5.74, 6) is -6.12. The molecule has 0 spiro atoms. The summed E-state index contributed by atoms with van der Waals surface area (Å²) in [6, 6.07) is 1.94. The van der Waals surface area contributed by atoms with Crippen molar-refractivity contribution in [3.63, 3.8) is 0 Å². The van der Waals surface area contributed by atoms with E-state index in [9.17, 15) is 24.0 Å². The highest BCUT2D eigenvalue weighted by Gasteiger charge is 2.18. The summed E-state index contributed by atoms with van der Waals surface area (Å²) in [7, 11) is 0. The Labute approximate surface area is 192 Å². The molecule has 0 saturated carbocycles. The van der Waals surface area contributed by atoms with Gasteiger partial charge in [-0.15, -0.1) is 0 Å². The van der Waals surface area contributed by atoms with E-state index in [-0.39, 0.29) is 12.0 Å². The first kappa shape index (κ1) is 29.2. The zero-order valence-electron chi connectivity index (χ0n) is 17.8. The Hall–Kier alpha value is -4.78. The molecule has 0 fully saturated rings. The average Bonchev–Trinajstić information content (AvgIpc) is 3.27. The van der Waals surface area contributed by atoms with Crippen molar-refractivity contribution in [3.8, 4) is 0 Å². The monoisotopic (exact) mass is 477 g/mol. The number of hydrogen-bond acceptors (Lipinski definition) is 7. The Kier molecular flexibility index (Phi) is 13.0. The van der Waals surface area contributed by atoms with Gasteiger partial charge in [-0.25, -0.2) is 24.2 Å². The number of carboxylic acid groups (broad SMARTS) is 5. The third-order valence-electron chi connectivity index (χ3n) is 3.57. The standard InChI is InChI=1S/C9H6O6.C6H9N3O2.C6H8O2/c10-7(11)4-1-2-5(8(12)13)6(3-4)9(14)15;7-5(6(10)11)1-4-2-8-3-9-4;1-2-3-4-5-6(7)8/h1-3H,(H,10,11)(H,12,13)(H,14,15);2-3,5H,1,7H2,(H,8,9)(H,10,11);2-5H,1H3,(H,7,8)/b;;3-2+,5-4+. The van der Waals surface area contributed by atoms with E-state index in [0.29, 0.717) is 5.69 Å². The predicted molar refractivity (Wildman–Crippen MR) is 117 cm³/mol. The van der Waals surface area contributed by atoms with Crippen molar-refractivity contribution in [3.05, 3.63) is 77.4 Å². The van der Waals surface area contributed by atoms with Crippen molar-refractivity contribution >= 4 is 29.8 Å². The molecule has 0 aliphatic heterocycles. The van der Waals surface area contributed by atoms with Crippen LogP contribution in [-0.4, -0.2) is 71.4 Å². The van der Waals surface area contributed by atoms with Gasteiger partial charge in [0.25, 0.3) is 0 Å². The van der Waals surface area contributed by atoms with Crippen LogP contribution in [0.3, 0.4) is 0 Å². The van der Waals surface area contributed by atoms with E-state index in [4.69, 9.17) is 31.3 Å². The maximum Gasteiger partial charge on any atom is 0.336 e. The first-order valence-corrected chi connectivity index (χ1v) is 9.22. The minimum Gasteiger partial charge on any atom is -0.480 e. The van der Waals surface area contributed by atoms with Gasteiger partial charge in [-0.1, -0.05) is 18.2 Å². The number of aromatic nitrogens is 2. The van der Waals surface area contributed by atoms with Crippen LogP contribution in [0.2, 0.25) is 0 Å². The van der Waals surface area contributed by atoms with Gasteiger partial charge in [0.1, 0.15) is 6.04 Å². The van der Waals surface area contributed by atoms with Gasteiger partial charge in [0.2, 0.25) is 0 Å². The molecule has 13 nitrogen and oxygen atoms in total. The molecule has 1 atom stereocenters. The molecule has 13 heteroatoms. The third-order valence-corrected chi connectivity index (χ3v) is 3.57. The number of benzene rings is 1. The van der Waals surface area contributed by atoms with Crippen LogP contribution >= 0.6 is 0 Å². The maximum absolute atomic E-state index is 10.6. The molecule has 1 aromatic heterocycles. The Balaban J connectivity index is 0.000000507. The van der Waals surface area contributed by atoms with Crippen LogP contribution in [0.1, 0.15) is 43.7 Å². The number of imidazole rings is 1. The zero-order valence-corrected chi connectivity index (χ0v) is 17.8. The molecule has 1 heterocycles. The summed E-state index contributed by atoms with van der Waals surface area (Å²) >= 11 is 0. The molecule has 8 N–H and O–H groups in total. The summed E-state index contributed by atoms with van der Waals surface area (Å²) in [6.45, 7) is 1.83. The van der Waals surface area contributed by atoms with Crippen molar-refractivity contribution in [1.29, 1.82) is 0 Å². The van der Waals surface area contributed by atoms with Crippen molar-refractivity contribution in [1.82, 2.24) is 9.97 Å². The number of nitrogens with zero attached hydrogens (tertiary/aromatic N) is 1. The molecule has 1 unspecified atom stereocenters. The van der Waals surface area contributed by atoms with Crippen molar-refractivity contribution in [2.24, 2.45) is 5.73 Å². The van der Waals surface area contributed by atoms with Crippen molar-refractivity contribution < 1.29 is 49.5 Å². The molecule has 0 saturated heterocycles. The van der Waals surface area contributed by atoms with E-state index in [1.165, 1.54) is 12.4 Å². The van der Waals surface area contributed by atoms with Gasteiger partial charge in [-0.2, -0.15) is 0 Å². The minimum atomic E-state index is -1.48. The van der Waals surface area contributed by atoms with Crippen molar-refractivity contribution in [2.75, 3.05) is 0 Å². The van der Waals surface area contributed by atoms with E-state index in [1.807, 2.05) is 6.92 Å². The highest BCUT2D eigenvalue weighted by Crippen LogP contribution is 2.12. The highest BCUT2D eigenvalue weighted by atomic mass is 16.4. The number of hydrogen-bond donors (Lipinski definition) is 7. The number of allylic oxidation sites excluding steroid dienone is 3. The lowest BCUT2D eigenvalue weighted by molar-refractivity contribution is -0.138. The average molecular weight is 477 g/mol. The van der Waals surface area contributed by atoms with E-state index < -0.39 is 47.0 Å². The fourth-order valence-electron chi connectivity index (χ4n) is 2.00. The molecule has 2 aromatic rings. The van der Waals surface area contributed by atoms with Crippen molar-refractivity contribution in [2.45, 2.75) is 19.4 Å². The van der Waals surface area contributed by atoms with Gasteiger partial charge in [0.05, 0.1) is 28.7 Å². The summed E-state index contributed by atoms with van der Waals surface area (Å²) in [5.41, 5.74) is 4.68. The Morgan fingerprint density at radius 1 is 0.971 bits per heavy atom. The van der Waals surface area contributed by atoms with Crippen LogP contribution in [0.25, 0.3) is 0 Å². The van der Waals surface area contributed by atoms with Gasteiger partial charge in [-0.05, 0) is 25.1 Å². The number of aliphatic carboxylic acids is 2. The topological polar surface area (TPSA) is 241 Å². The second-order valence-corrected chi connectivity index (χ2v) is 6.11. The number of aromatic carboxylic acids is 3. The molecule has 0 aliphatic carbocycles. The van der Waals surface area contributed by atoms with E-state index in [2.05, 4.69) is 9.97 Å². The number of H-pyrrole nitrogens is 1. The SMILES string of the molecule is C/C=C/C=C/C(=O)O.NC(Cc1c[nH]cn1)C(=O)O.O=C(O)c1ccc(C(=O)O)c(C(=O)O)c1. The van der Waals surface area contributed by atoms with Gasteiger partial charge in [0.15, 0.2) is 0 Å². The summed E-state index contributed by atoms with van der Waals surface area (Å²) in [4.78, 5) is 58.3. The molecular weight excluding hydrogens is 454 g/mol. The van der Waals surface area contributed by atoms with E-state index in [1.54, 1.807) is 18.3 Å². The molecule has 0 aliphatic rings. The second-order valence-electron chi connectivity index (χ2n) is 6.11. The molecule has 34 heavy (non-hydrogen) atoms. The van der Waals surface area contributed by atoms with Gasteiger partial charge in [0, 0.05) is 18.7 Å². The van der Waals surface area contributed by atoms with E-state index >= 15 is 0 Å². The number of carbonyl (C=O) groups is 5. The number of nitrogens with one attached hydrogen (secondary N) is 1. The van der Waals surface area contributed by atoms with Crippen LogP contribution in [0.15, 0.2) is 55.0 Å². The summed E-state index contributed by atoms with van der Waals surface area (Å²) in [5, 5.41) is 42.3. The van der Waals surface area contributed by atoms with Crippen LogP contribution < -0.4 is 5.73 Å². The number of carboxylic acids is 5. The maximum atomic E-state index is 10.6. The lowest BCUT2D eigenvalue weighted by atomic mass is 10.0. The molecular formula is C21H23N3O10. The van der Waals surface area contributed by atoms with E-state index in [0.717, 1.165) is 24.3 Å². The van der Waals surface area contributed by atoms with Crippen LogP contribution in [0.4, 0.5) is 0 Å². The zero-order chi connectivity index (χ0) is 26.3. The molecule has 1 aromatic carbocycles. The molecule has 0 radical (unpaired) electrons. The van der Waals surface area contributed by atoms with Gasteiger partial charge in [-0.3, -0.25) is 4.79 Å². The molecule has 0 amide bonds. The molecule has 2 rings (SSSR count). The number of nitrogens with two attached hydrogens (primary N) is 1. The number of aromatic amines is 1. The Morgan fingerprint density at radius 3 is 2.00 bits per heavy atom. The Morgan fingerprint density at radius 2 is 1.59 bits per heavy atom. The smallest absolute Gasteiger partial charge is 0.336 e. The third kappa shape index (κ3) is 11.6.